The van der Waals surface area contributed by atoms with Crippen molar-refractivity contribution in [3.8, 4) is 0 Å². The summed E-state index contributed by atoms with van der Waals surface area (Å²) in [4.78, 5) is 22.7. The molecule has 1 amide bonds. The summed E-state index contributed by atoms with van der Waals surface area (Å²) >= 11 is 4.97. The number of ether oxygens (including phenoxy) is 1. The fourth-order valence-electron chi connectivity index (χ4n) is 4.42. The van der Waals surface area contributed by atoms with Gasteiger partial charge in [-0.3, -0.25) is 18.9 Å². The first-order valence-corrected chi connectivity index (χ1v) is 15.7. The number of hydrogen-bond acceptors (Lipinski definition) is 7. The number of rotatable bonds is 9. The maximum Gasteiger partial charge on any atom is 0.264 e. The Morgan fingerprint density at radius 2 is 1.77 bits per heavy atom. The highest BCUT2D eigenvalue weighted by atomic mass is 79.9. The number of amides is 1. The lowest BCUT2D eigenvalue weighted by Crippen LogP contribution is -2.39. The van der Waals surface area contributed by atoms with Crippen molar-refractivity contribution in [3.63, 3.8) is 0 Å². The van der Waals surface area contributed by atoms with Gasteiger partial charge in [-0.05, 0) is 61.0 Å². The standard InChI is InChI=1S/C28H29BrN4O4S2/c1-31(23-6-3-2-4-7-23)39(35,36)24-11-8-21(9-12-24)27(34)33(15-5-14-32-16-18-37-19-17-32)28-30-25-13-10-22(29)20-26(25)38-28/h2-4,6-13,20H,5,14-19H2,1H3. The Hall–Kier alpha value is -2.83. The summed E-state index contributed by atoms with van der Waals surface area (Å²) in [5.41, 5.74) is 1.80. The monoisotopic (exact) mass is 628 g/mol. The Morgan fingerprint density at radius 1 is 1.05 bits per heavy atom. The number of morpholine rings is 1. The molecule has 0 N–H and O–H groups in total. The molecule has 2 heterocycles. The Labute approximate surface area is 241 Å². The molecule has 0 bridgehead atoms. The van der Waals surface area contributed by atoms with E-state index in [0.29, 0.717) is 22.9 Å². The molecular formula is C28H29BrN4O4S2. The summed E-state index contributed by atoms with van der Waals surface area (Å²) in [5, 5.41) is 0.621. The van der Waals surface area contributed by atoms with Crippen LogP contribution >= 0.6 is 27.3 Å². The van der Waals surface area contributed by atoms with E-state index in [2.05, 4.69) is 20.8 Å². The van der Waals surface area contributed by atoms with Crippen molar-refractivity contribution in [3.05, 3.63) is 82.8 Å². The maximum absolute atomic E-state index is 13.8. The van der Waals surface area contributed by atoms with Crippen LogP contribution in [0.15, 0.2) is 82.2 Å². The van der Waals surface area contributed by atoms with E-state index in [0.717, 1.165) is 54.0 Å². The molecule has 1 aliphatic heterocycles. The number of para-hydroxylation sites is 1. The van der Waals surface area contributed by atoms with Gasteiger partial charge in [-0.15, -0.1) is 0 Å². The summed E-state index contributed by atoms with van der Waals surface area (Å²) in [5.74, 6) is -0.213. The van der Waals surface area contributed by atoms with Crippen molar-refractivity contribution >= 4 is 64.2 Å². The quantitative estimate of drug-likeness (QED) is 0.252. The van der Waals surface area contributed by atoms with Crippen LogP contribution < -0.4 is 9.21 Å². The first-order valence-electron chi connectivity index (χ1n) is 12.6. The fourth-order valence-corrected chi connectivity index (χ4v) is 7.16. The summed E-state index contributed by atoms with van der Waals surface area (Å²) in [7, 11) is -2.26. The number of fused-ring (bicyclic) bond motifs is 1. The second-order valence-corrected chi connectivity index (χ2v) is 13.1. The number of thiazole rings is 1. The van der Waals surface area contributed by atoms with Crippen molar-refractivity contribution in [1.29, 1.82) is 0 Å². The molecule has 11 heteroatoms. The number of halogens is 1. The normalized spacial score (nSPS) is 14.4. The van der Waals surface area contributed by atoms with Gasteiger partial charge in [0, 0.05) is 43.3 Å². The van der Waals surface area contributed by atoms with Crippen LogP contribution in [0.1, 0.15) is 16.8 Å². The van der Waals surface area contributed by atoms with E-state index >= 15 is 0 Å². The zero-order valence-corrected chi connectivity index (χ0v) is 24.7. The van der Waals surface area contributed by atoms with Crippen LogP contribution in [0.25, 0.3) is 10.2 Å². The highest BCUT2D eigenvalue weighted by Gasteiger charge is 2.25. The third-order valence-electron chi connectivity index (χ3n) is 6.65. The zero-order valence-electron chi connectivity index (χ0n) is 21.5. The van der Waals surface area contributed by atoms with Gasteiger partial charge >= 0.3 is 0 Å². The van der Waals surface area contributed by atoms with Gasteiger partial charge in [-0.25, -0.2) is 13.4 Å². The van der Waals surface area contributed by atoms with Crippen LogP contribution in [0, 0.1) is 0 Å². The van der Waals surface area contributed by atoms with Gasteiger partial charge in [-0.1, -0.05) is 45.5 Å². The minimum atomic E-state index is -3.78. The molecule has 5 rings (SSSR count). The number of hydrogen-bond donors (Lipinski definition) is 0. The molecule has 1 aliphatic rings. The Kier molecular flexibility index (Phi) is 8.63. The molecule has 3 aromatic carbocycles. The minimum Gasteiger partial charge on any atom is -0.379 e. The van der Waals surface area contributed by atoms with Gasteiger partial charge in [0.1, 0.15) is 0 Å². The van der Waals surface area contributed by atoms with Gasteiger partial charge < -0.3 is 4.74 Å². The molecule has 0 radical (unpaired) electrons. The number of nitrogens with zero attached hydrogens (tertiary/aromatic N) is 4. The first kappa shape index (κ1) is 27.7. The average Bonchev–Trinajstić information content (AvgIpc) is 3.38. The molecular weight excluding hydrogens is 600 g/mol. The highest BCUT2D eigenvalue weighted by molar-refractivity contribution is 9.10. The molecule has 1 aromatic heterocycles. The minimum absolute atomic E-state index is 0.120. The molecule has 1 saturated heterocycles. The Morgan fingerprint density at radius 3 is 2.49 bits per heavy atom. The van der Waals surface area contributed by atoms with E-state index in [4.69, 9.17) is 9.72 Å². The van der Waals surface area contributed by atoms with Crippen LogP contribution in [-0.4, -0.2) is 70.6 Å². The van der Waals surface area contributed by atoms with E-state index < -0.39 is 10.0 Å². The van der Waals surface area contributed by atoms with Gasteiger partial charge in [0.05, 0.1) is 34.0 Å². The second-order valence-electron chi connectivity index (χ2n) is 9.21. The lowest BCUT2D eigenvalue weighted by atomic mass is 10.2. The van der Waals surface area contributed by atoms with Crippen LogP contribution in [-0.2, 0) is 14.8 Å². The Balaban J connectivity index is 1.38. The van der Waals surface area contributed by atoms with Crippen molar-refractivity contribution < 1.29 is 17.9 Å². The number of benzene rings is 3. The number of carbonyl (C=O) groups excluding carboxylic acids is 1. The predicted molar refractivity (Wildman–Crippen MR) is 159 cm³/mol. The third-order valence-corrected chi connectivity index (χ3v) is 9.99. The molecule has 1 fully saturated rings. The molecule has 204 valence electrons. The molecule has 4 aromatic rings. The van der Waals surface area contributed by atoms with E-state index in [1.54, 1.807) is 41.3 Å². The van der Waals surface area contributed by atoms with Gasteiger partial charge in [0.2, 0.25) is 0 Å². The predicted octanol–water partition coefficient (Wildman–Crippen LogP) is 5.25. The summed E-state index contributed by atoms with van der Waals surface area (Å²) in [6.07, 6.45) is 0.777. The van der Waals surface area contributed by atoms with Crippen molar-refractivity contribution in [2.75, 3.05) is 55.6 Å². The molecule has 0 spiro atoms. The second kappa shape index (κ2) is 12.1. The van der Waals surface area contributed by atoms with Crippen LogP contribution in [0.5, 0.6) is 0 Å². The summed E-state index contributed by atoms with van der Waals surface area (Å²) in [6, 6.07) is 20.9. The van der Waals surface area contributed by atoms with E-state index in [-0.39, 0.29) is 10.8 Å². The molecule has 0 unspecified atom stereocenters. The third kappa shape index (κ3) is 6.33. The molecule has 0 saturated carbocycles. The number of aromatic nitrogens is 1. The molecule has 39 heavy (non-hydrogen) atoms. The highest BCUT2D eigenvalue weighted by Crippen LogP contribution is 2.32. The molecule has 0 aliphatic carbocycles. The summed E-state index contributed by atoms with van der Waals surface area (Å²) < 4.78 is 35.0. The van der Waals surface area contributed by atoms with Gasteiger partial charge in [0.15, 0.2) is 5.13 Å². The SMILES string of the molecule is CN(c1ccccc1)S(=O)(=O)c1ccc(C(=O)N(CCCN2CCOCC2)c2nc3ccc(Br)cc3s2)cc1. The maximum atomic E-state index is 13.8. The van der Waals surface area contributed by atoms with Crippen molar-refractivity contribution in [2.24, 2.45) is 0 Å². The fraction of sp³-hybridized carbons (Fsp3) is 0.286. The average molecular weight is 630 g/mol. The van der Waals surface area contributed by atoms with Crippen LogP contribution in [0.4, 0.5) is 10.8 Å². The van der Waals surface area contributed by atoms with E-state index in [1.165, 1.54) is 34.8 Å². The number of anilines is 2. The number of carbonyl (C=O) groups is 1. The van der Waals surface area contributed by atoms with E-state index in [1.807, 2.05) is 24.3 Å². The first-order chi connectivity index (χ1) is 18.8. The smallest absolute Gasteiger partial charge is 0.264 e. The summed E-state index contributed by atoms with van der Waals surface area (Å²) in [6.45, 7) is 4.57. The zero-order chi connectivity index (χ0) is 27.4. The topological polar surface area (TPSA) is 83.1 Å². The number of sulfonamides is 1. The van der Waals surface area contributed by atoms with Crippen LogP contribution in [0.2, 0.25) is 0 Å². The van der Waals surface area contributed by atoms with Gasteiger partial charge in [-0.2, -0.15) is 0 Å². The van der Waals surface area contributed by atoms with Crippen molar-refractivity contribution in [1.82, 2.24) is 9.88 Å². The largest absolute Gasteiger partial charge is 0.379 e. The van der Waals surface area contributed by atoms with Crippen molar-refractivity contribution in [2.45, 2.75) is 11.3 Å². The lowest BCUT2D eigenvalue weighted by molar-refractivity contribution is 0.0376. The molecule has 8 nitrogen and oxygen atoms in total. The van der Waals surface area contributed by atoms with Gasteiger partial charge in [0.25, 0.3) is 15.9 Å². The molecule has 0 atom stereocenters. The van der Waals surface area contributed by atoms with E-state index in [9.17, 15) is 13.2 Å². The Bertz CT molecular complexity index is 1540. The lowest BCUT2D eigenvalue weighted by Gasteiger charge is -2.27. The van der Waals surface area contributed by atoms with Crippen LogP contribution in [0.3, 0.4) is 0 Å².